The molecule has 0 atom stereocenters. The molecule has 0 bridgehead atoms. The molecule has 0 saturated heterocycles. The monoisotopic (exact) mass is 378 g/mol. The van der Waals surface area contributed by atoms with Gasteiger partial charge in [0.05, 0.1) is 19.4 Å². The number of likely N-dealkylation sites (N-methyl/N-ethyl adjacent to an activating group) is 1. The van der Waals surface area contributed by atoms with Crippen molar-refractivity contribution in [2.45, 2.75) is 20.3 Å². The van der Waals surface area contributed by atoms with E-state index in [-0.39, 0.29) is 5.75 Å². The van der Waals surface area contributed by atoms with Crippen LogP contribution in [0.15, 0.2) is 47.2 Å². The molecule has 1 aromatic carbocycles. The molecular weight excluding hydrogens is 355 g/mol. The van der Waals surface area contributed by atoms with Crippen molar-refractivity contribution in [1.82, 2.24) is 5.06 Å². The number of hydrogen-bond donors (Lipinski definition) is 0. The van der Waals surface area contributed by atoms with E-state index in [9.17, 15) is 4.39 Å². The first-order valence-electron chi connectivity index (χ1n) is 8.45. The summed E-state index contributed by atoms with van der Waals surface area (Å²) in [6.07, 6.45) is 10.1. The van der Waals surface area contributed by atoms with Crippen LogP contribution in [0.2, 0.25) is 5.02 Å². The van der Waals surface area contributed by atoms with E-state index in [0.29, 0.717) is 41.6 Å². The van der Waals surface area contributed by atoms with E-state index < -0.39 is 5.82 Å². The first-order chi connectivity index (χ1) is 12.5. The van der Waals surface area contributed by atoms with Crippen molar-refractivity contribution in [2.75, 3.05) is 27.2 Å². The molecule has 0 spiro atoms. The minimum Gasteiger partial charge on any atom is -0.493 e. The standard InChI is InChI=1S/C20H24ClFN2O2/c1-5-7-8-9-14(6-2)26-24(3)13-18-19-15(10-11-23-18)16(21)12-17(22)20(19)25-4/h5-9,12H,10-11,13H2,1-4H3/b7-5-,9-8-,14-6+. The molecule has 0 saturated carbocycles. The minimum atomic E-state index is -0.488. The molecule has 0 aromatic heterocycles. The molecule has 1 aliphatic heterocycles. The van der Waals surface area contributed by atoms with Crippen molar-refractivity contribution in [2.24, 2.45) is 4.99 Å². The SMILES string of the molecule is C\C=C/C=C\C(=C/C)ON(C)CC1=NCCc2c(Cl)cc(F)c(OC)c21. The van der Waals surface area contributed by atoms with Gasteiger partial charge < -0.3 is 9.57 Å². The van der Waals surface area contributed by atoms with Crippen LogP contribution >= 0.6 is 11.6 Å². The van der Waals surface area contributed by atoms with Crippen LogP contribution in [0.1, 0.15) is 25.0 Å². The third kappa shape index (κ3) is 4.74. The lowest BCUT2D eigenvalue weighted by molar-refractivity contribution is -0.0782. The molecule has 0 radical (unpaired) electrons. The Labute approximate surface area is 159 Å². The number of allylic oxidation sites excluding steroid dienone is 5. The Kier molecular flexibility index (Phi) is 7.42. The third-order valence-electron chi connectivity index (χ3n) is 3.93. The molecule has 2 rings (SSSR count). The van der Waals surface area contributed by atoms with Crippen LogP contribution in [0.3, 0.4) is 0 Å². The Balaban J connectivity index is 2.23. The van der Waals surface area contributed by atoms with Gasteiger partial charge in [0.2, 0.25) is 0 Å². The lowest BCUT2D eigenvalue weighted by Crippen LogP contribution is -2.29. The summed E-state index contributed by atoms with van der Waals surface area (Å²) >= 11 is 6.24. The van der Waals surface area contributed by atoms with Crippen molar-refractivity contribution in [3.05, 3.63) is 64.2 Å². The summed E-state index contributed by atoms with van der Waals surface area (Å²) in [4.78, 5) is 10.4. The highest BCUT2D eigenvalue weighted by Crippen LogP contribution is 2.35. The van der Waals surface area contributed by atoms with Crippen LogP contribution in [0.4, 0.5) is 4.39 Å². The van der Waals surface area contributed by atoms with Crippen molar-refractivity contribution in [1.29, 1.82) is 0 Å². The first-order valence-corrected chi connectivity index (χ1v) is 8.82. The number of aliphatic imine (C=N–C) groups is 1. The fraction of sp³-hybridized carbons (Fsp3) is 0.350. The third-order valence-corrected chi connectivity index (χ3v) is 4.26. The van der Waals surface area contributed by atoms with Crippen LogP contribution < -0.4 is 4.74 Å². The topological polar surface area (TPSA) is 34.1 Å². The van der Waals surface area contributed by atoms with Crippen LogP contribution in [0.5, 0.6) is 5.75 Å². The Morgan fingerprint density at radius 3 is 2.81 bits per heavy atom. The second-order valence-corrected chi connectivity index (χ2v) is 6.17. The minimum absolute atomic E-state index is 0.176. The van der Waals surface area contributed by atoms with Crippen molar-refractivity contribution < 1.29 is 14.0 Å². The van der Waals surface area contributed by atoms with E-state index in [1.807, 2.05) is 44.2 Å². The van der Waals surface area contributed by atoms with E-state index in [2.05, 4.69) is 4.99 Å². The Morgan fingerprint density at radius 2 is 2.15 bits per heavy atom. The van der Waals surface area contributed by atoms with Gasteiger partial charge in [0.1, 0.15) is 5.76 Å². The Morgan fingerprint density at radius 1 is 1.38 bits per heavy atom. The van der Waals surface area contributed by atoms with Crippen LogP contribution in [-0.2, 0) is 11.3 Å². The predicted octanol–water partition coefficient (Wildman–Crippen LogP) is 4.73. The smallest absolute Gasteiger partial charge is 0.167 e. The number of hydroxylamine groups is 2. The zero-order valence-electron chi connectivity index (χ0n) is 15.6. The van der Waals surface area contributed by atoms with Gasteiger partial charge in [-0.05, 0) is 44.1 Å². The normalized spacial score (nSPS) is 14.9. The van der Waals surface area contributed by atoms with Crippen LogP contribution in [-0.4, -0.2) is 38.0 Å². The molecule has 26 heavy (non-hydrogen) atoms. The van der Waals surface area contributed by atoms with E-state index in [1.165, 1.54) is 13.2 Å². The molecule has 1 aromatic rings. The summed E-state index contributed by atoms with van der Waals surface area (Å²) in [6, 6.07) is 1.30. The van der Waals surface area contributed by atoms with Crippen molar-refractivity contribution in [3.63, 3.8) is 0 Å². The van der Waals surface area contributed by atoms with Crippen LogP contribution in [0, 0.1) is 5.82 Å². The molecular formula is C20H24ClFN2O2. The fourth-order valence-electron chi connectivity index (χ4n) is 2.76. The summed E-state index contributed by atoms with van der Waals surface area (Å²) < 4.78 is 19.5. The van der Waals surface area contributed by atoms with E-state index in [4.69, 9.17) is 21.2 Å². The molecule has 0 unspecified atom stereocenters. The number of rotatable bonds is 7. The molecule has 6 heteroatoms. The van der Waals surface area contributed by atoms with E-state index in [0.717, 1.165) is 5.56 Å². The van der Waals surface area contributed by atoms with Crippen LogP contribution in [0.25, 0.3) is 0 Å². The van der Waals surface area contributed by atoms with Gasteiger partial charge in [0.25, 0.3) is 0 Å². The lowest BCUT2D eigenvalue weighted by atomic mass is 9.96. The molecule has 4 nitrogen and oxygen atoms in total. The van der Waals surface area contributed by atoms with Gasteiger partial charge in [-0.15, -0.1) is 5.06 Å². The second kappa shape index (κ2) is 9.55. The fourth-order valence-corrected chi connectivity index (χ4v) is 3.05. The molecule has 0 fully saturated rings. The van der Waals surface area contributed by atoms with Crippen molar-refractivity contribution >= 4 is 17.3 Å². The highest BCUT2D eigenvalue weighted by molar-refractivity contribution is 6.32. The maximum atomic E-state index is 14.3. The lowest BCUT2D eigenvalue weighted by Gasteiger charge is -2.25. The highest BCUT2D eigenvalue weighted by Gasteiger charge is 2.25. The molecule has 0 aliphatic carbocycles. The molecule has 140 valence electrons. The van der Waals surface area contributed by atoms with Gasteiger partial charge in [-0.25, -0.2) is 4.39 Å². The average Bonchev–Trinajstić information content (AvgIpc) is 2.62. The maximum Gasteiger partial charge on any atom is 0.167 e. The number of ether oxygens (including phenoxy) is 1. The quantitative estimate of drug-likeness (QED) is 0.390. The van der Waals surface area contributed by atoms with E-state index in [1.54, 1.807) is 12.1 Å². The zero-order valence-corrected chi connectivity index (χ0v) is 16.3. The number of hydrogen-bond acceptors (Lipinski definition) is 4. The molecule has 0 N–H and O–H groups in total. The van der Waals surface area contributed by atoms with Gasteiger partial charge in [0.15, 0.2) is 11.6 Å². The summed E-state index contributed by atoms with van der Waals surface area (Å²) in [6.45, 7) is 4.82. The largest absolute Gasteiger partial charge is 0.493 e. The number of halogens is 2. The van der Waals surface area contributed by atoms with Gasteiger partial charge in [0, 0.05) is 24.2 Å². The number of nitrogens with zero attached hydrogens (tertiary/aromatic N) is 2. The molecule has 1 heterocycles. The Hall–Kier alpha value is -2.11. The summed E-state index contributed by atoms with van der Waals surface area (Å²) in [5, 5.41) is 2.05. The maximum absolute atomic E-state index is 14.3. The summed E-state index contributed by atoms with van der Waals surface area (Å²) in [5.41, 5.74) is 2.19. The second-order valence-electron chi connectivity index (χ2n) is 5.76. The average molecular weight is 379 g/mol. The number of methoxy groups -OCH3 is 1. The number of benzene rings is 1. The zero-order chi connectivity index (χ0) is 19.1. The first kappa shape index (κ1) is 20.2. The van der Waals surface area contributed by atoms with Crippen molar-refractivity contribution in [3.8, 4) is 5.75 Å². The van der Waals surface area contributed by atoms with Gasteiger partial charge in [-0.2, -0.15) is 0 Å². The van der Waals surface area contributed by atoms with E-state index >= 15 is 0 Å². The number of fused-ring (bicyclic) bond motifs is 1. The van der Waals surface area contributed by atoms with Gasteiger partial charge in [-0.3, -0.25) is 4.99 Å². The Bertz CT molecular complexity index is 770. The van der Waals surface area contributed by atoms with Gasteiger partial charge >= 0.3 is 0 Å². The summed E-state index contributed by atoms with van der Waals surface area (Å²) in [5.74, 6) is 0.389. The molecule has 0 amide bonds. The summed E-state index contributed by atoms with van der Waals surface area (Å²) in [7, 11) is 3.25. The predicted molar refractivity (Wildman–Crippen MR) is 104 cm³/mol. The molecule has 1 aliphatic rings. The highest BCUT2D eigenvalue weighted by atomic mass is 35.5. The van der Waals surface area contributed by atoms with Gasteiger partial charge in [-0.1, -0.05) is 29.8 Å².